The smallest absolute Gasteiger partial charge is 0.338 e. The van der Waals surface area contributed by atoms with Crippen molar-refractivity contribution in [1.82, 2.24) is 0 Å². The first kappa shape index (κ1) is 9.67. The minimum atomic E-state index is -0.409. The van der Waals surface area contributed by atoms with Gasteiger partial charge in [0.25, 0.3) is 0 Å². The second kappa shape index (κ2) is 4.57. The zero-order chi connectivity index (χ0) is 9.68. The van der Waals surface area contributed by atoms with Gasteiger partial charge in [0.15, 0.2) is 0 Å². The van der Waals surface area contributed by atoms with E-state index in [1.807, 2.05) is 6.07 Å². The lowest BCUT2D eigenvalue weighted by molar-refractivity contribution is 0.0564. The number of rotatable bonds is 3. The van der Waals surface area contributed by atoms with Gasteiger partial charge in [-0.1, -0.05) is 30.4 Å². The number of nitrogens with two attached hydrogens (primary N) is 1. The van der Waals surface area contributed by atoms with Gasteiger partial charge in [0.05, 0.1) is 5.56 Å². The molecule has 3 nitrogen and oxygen atoms in total. The van der Waals surface area contributed by atoms with E-state index in [9.17, 15) is 4.79 Å². The van der Waals surface area contributed by atoms with E-state index in [0.717, 1.165) is 0 Å². The average molecular weight is 195 g/mol. The summed E-state index contributed by atoms with van der Waals surface area (Å²) >= 11 is 4.56. The van der Waals surface area contributed by atoms with E-state index in [1.54, 1.807) is 24.3 Å². The quantitative estimate of drug-likeness (QED) is 0.580. The van der Waals surface area contributed by atoms with Crippen molar-refractivity contribution in [3.63, 3.8) is 0 Å². The summed E-state index contributed by atoms with van der Waals surface area (Å²) in [5, 5.41) is 0. The van der Waals surface area contributed by atoms with Crippen molar-refractivity contribution in [3.8, 4) is 0 Å². The molecule has 0 heterocycles. The van der Waals surface area contributed by atoms with Gasteiger partial charge in [-0.25, -0.2) is 4.79 Å². The highest BCUT2D eigenvalue weighted by Gasteiger charge is 2.05. The van der Waals surface area contributed by atoms with Crippen LogP contribution >= 0.6 is 12.2 Å². The second-order valence-electron chi connectivity index (χ2n) is 2.41. The molecule has 0 atom stereocenters. The van der Waals surface area contributed by atoms with Gasteiger partial charge in [0.1, 0.15) is 11.6 Å². The van der Waals surface area contributed by atoms with Crippen LogP contribution in [0, 0.1) is 0 Å². The van der Waals surface area contributed by atoms with Crippen LogP contribution in [-0.2, 0) is 4.74 Å². The number of benzene rings is 1. The summed E-state index contributed by atoms with van der Waals surface area (Å²) < 4.78 is 4.78. The highest BCUT2D eigenvalue weighted by Crippen LogP contribution is 2.00. The molecule has 0 aliphatic heterocycles. The maximum Gasteiger partial charge on any atom is 0.338 e. The van der Waals surface area contributed by atoms with Crippen molar-refractivity contribution in [3.05, 3.63) is 35.9 Å². The molecule has 1 rings (SSSR count). The Balaban J connectivity index is 2.54. The van der Waals surface area contributed by atoms with Gasteiger partial charge in [0, 0.05) is 0 Å². The molecule has 0 radical (unpaired) electrons. The molecular formula is C9H9NO2S. The first-order valence-corrected chi connectivity index (χ1v) is 4.11. The van der Waals surface area contributed by atoms with E-state index in [2.05, 4.69) is 12.2 Å². The molecule has 2 N–H and O–H groups in total. The van der Waals surface area contributed by atoms with Crippen molar-refractivity contribution in [2.45, 2.75) is 0 Å². The fourth-order valence-electron chi connectivity index (χ4n) is 0.794. The second-order valence-corrected chi connectivity index (χ2v) is 2.93. The zero-order valence-corrected chi connectivity index (χ0v) is 7.71. The summed E-state index contributed by atoms with van der Waals surface area (Å²) in [4.78, 5) is 11.4. The fourth-order valence-corrected chi connectivity index (χ4v) is 0.853. The van der Waals surface area contributed by atoms with E-state index in [0.29, 0.717) is 5.56 Å². The van der Waals surface area contributed by atoms with Gasteiger partial charge in [0.2, 0.25) is 0 Å². The van der Waals surface area contributed by atoms with Crippen LogP contribution in [0.25, 0.3) is 0 Å². The third-order valence-electron chi connectivity index (χ3n) is 1.36. The normalized spacial score (nSPS) is 9.23. The third kappa shape index (κ3) is 3.21. The molecule has 1 aromatic rings. The maximum atomic E-state index is 11.2. The summed E-state index contributed by atoms with van der Waals surface area (Å²) in [6.45, 7) is -0.0109. The number of ether oxygens (including phenoxy) is 1. The van der Waals surface area contributed by atoms with E-state index in [-0.39, 0.29) is 11.6 Å². The molecule has 0 aliphatic carbocycles. The molecule has 0 spiro atoms. The van der Waals surface area contributed by atoms with Crippen molar-refractivity contribution in [2.24, 2.45) is 5.73 Å². The monoisotopic (exact) mass is 195 g/mol. The minimum absolute atomic E-state index is 0.0109. The summed E-state index contributed by atoms with van der Waals surface area (Å²) in [5.74, 6) is -0.409. The van der Waals surface area contributed by atoms with Gasteiger partial charge in [-0.05, 0) is 12.1 Å². The Hall–Kier alpha value is -1.42. The predicted octanol–water partition coefficient (Wildman–Crippen LogP) is 1.13. The van der Waals surface area contributed by atoms with E-state index >= 15 is 0 Å². The zero-order valence-electron chi connectivity index (χ0n) is 6.90. The van der Waals surface area contributed by atoms with Crippen LogP contribution < -0.4 is 5.73 Å². The molecule has 0 saturated heterocycles. The van der Waals surface area contributed by atoms with Crippen LogP contribution in [-0.4, -0.2) is 17.6 Å². The number of carbonyl (C=O) groups is 1. The minimum Gasteiger partial charge on any atom is -0.455 e. The van der Waals surface area contributed by atoms with Crippen molar-refractivity contribution in [1.29, 1.82) is 0 Å². The molecule has 0 aromatic heterocycles. The van der Waals surface area contributed by atoms with Crippen LogP contribution in [0.5, 0.6) is 0 Å². The molecule has 0 fully saturated rings. The molecule has 4 heteroatoms. The fraction of sp³-hybridized carbons (Fsp3) is 0.111. The number of thiocarbonyl (C=S) groups is 1. The lowest BCUT2D eigenvalue weighted by Gasteiger charge is -2.02. The molecule has 0 aliphatic rings. The van der Waals surface area contributed by atoms with Crippen LogP contribution in [0.3, 0.4) is 0 Å². The van der Waals surface area contributed by atoms with Gasteiger partial charge >= 0.3 is 5.97 Å². The third-order valence-corrected chi connectivity index (χ3v) is 1.47. The van der Waals surface area contributed by atoms with Gasteiger partial charge in [-0.3, -0.25) is 0 Å². The first-order valence-electron chi connectivity index (χ1n) is 3.70. The molecule has 13 heavy (non-hydrogen) atoms. The van der Waals surface area contributed by atoms with Crippen LogP contribution in [0.15, 0.2) is 30.3 Å². The Bertz CT molecular complexity index is 311. The molecule has 68 valence electrons. The maximum absolute atomic E-state index is 11.2. The molecule has 0 amide bonds. The van der Waals surface area contributed by atoms with Crippen LogP contribution in [0.4, 0.5) is 0 Å². The number of esters is 1. The summed E-state index contributed by atoms with van der Waals surface area (Å²) in [7, 11) is 0. The number of carbonyl (C=O) groups excluding carboxylic acids is 1. The number of hydrogen-bond donors (Lipinski definition) is 1. The molecule has 0 bridgehead atoms. The van der Waals surface area contributed by atoms with Crippen LogP contribution in [0.2, 0.25) is 0 Å². The average Bonchev–Trinajstić information content (AvgIpc) is 2.15. The Kier molecular flexibility index (Phi) is 3.40. The topological polar surface area (TPSA) is 52.3 Å². The highest BCUT2D eigenvalue weighted by atomic mass is 32.1. The van der Waals surface area contributed by atoms with Crippen molar-refractivity contribution < 1.29 is 9.53 Å². The Morgan fingerprint density at radius 1 is 1.38 bits per heavy atom. The number of hydrogen-bond acceptors (Lipinski definition) is 3. The van der Waals surface area contributed by atoms with Crippen LogP contribution in [0.1, 0.15) is 10.4 Å². The summed E-state index contributed by atoms with van der Waals surface area (Å²) in [5.41, 5.74) is 5.67. The first-order chi connectivity index (χ1) is 6.20. The standard InChI is InChI=1S/C9H9NO2S/c10-8(13)6-12-9(11)7-4-2-1-3-5-7/h1-5H,6H2,(H2,10,13). The summed E-state index contributed by atoms with van der Waals surface area (Å²) in [6.07, 6.45) is 0. The summed E-state index contributed by atoms with van der Waals surface area (Å²) in [6, 6.07) is 8.68. The largest absolute Gasteiger partial charge is 0.455 e. The molecular weight excluding hydrogens is 186 g/mol. The van der Waals surface area contributed by atoms with E-state index < -0.39 is 5.97 Å². The van der Waals surface area contributed by atoms with Crippen molar-refractivity contribution in [2.75, 3.05) is 6.61 Å². The molecule has 1 aromatic carbocycles. The van der Waals surface area contributed by atoms with E-state index in [1.165, 1.54) is 0 Å². The van der Waals surface area contributed by atoms with Gasteiger partial charge in [-0.2, -0.15) is 0 Å². The van der Waals surface area contributed by atoms with Gasteiger partial charge in [-0.15, -0.1) is 0 Å². The molecule has 0 unspecified atom stereocenters. The molecule has 0 saturated carbocycles. The Morgan fingerprint density at radius 2 is 2.00 bits per heavy atom. The lowest BCUT2D eigenvalue weighted by Crippen LogP contribution is -2.18. The van der Waals surface area contributed by atoms with E-state index in [4.69, 9.17) is 10.5 Å². The van der Waals surface area contributed by atoms with Crippen molar-refractivity contribution >= 4 is 23.2 Å². The highest BCUT2D eigenvalue weighted by molar-refractivity contribution is 7.80. The Labute approximate surface area is 81.5 Å². The Morgan fingerprint density at radius 3 is 2.54 bits per heavy atom. The predicted molar refractivity (Wildman–Crippen MR) is 53.5 cm³/mol. The van der Waals surface area contributed by atoms with Gasteiger partial charge < -0.3 is 10.5 Å². The SMILES string of the molecule is NC(=S)COC(=O)c1ccccc1. The lowest BCUT2D eigenvalue weighted by atomic mass is 10.2.